The second kappa shape index (κ2) is 7.65. The molecule has 5 nitrogen and oxygen atoms in total. The number of nitrogens with one attached hydrogen (secondary N) is 2. The zero-order valence-corrected chi connectivity index (χ0v) is 17.8. The molecule has 3 aromatic rings. The highest BCUT2D eigenvalue weighted by Crippen LogP contribution is 2.49. The fraction of sp³-hybridized carbons (Fsp3) is 0.136. The molecule has 2 N–H and O–H groups in total. The third-order valence-electron chi connectivity index (χ3n) is 5.01. The number of halogens is 1. The maximum atomic E-state index is 12.9. The molecule has 148 valence electrons. The van der Waals surface area contributed by atoms with Gasteiger partial charge in [0, 0.05) is 10.2 Å². The minimum absolute atomic E-state index is 0.0807. The summed E-state index contributed by atoms with van der Waals surface area (Å²) in [5.41, 5.74) is 1.41. The summed E-state index contributed by atoms with van der Waals surface area (Å²) < 4.78 is 28.6. The van der Waals surface area contributed by atoms with Crippen molar-refractivity contribution in [1.82, 2.24) is 0 Å². The first kappa shape index (κ1) is 19.7. The van der Waals surface area contributed by atoms with Crippen LogP contribution in [0.15, 0.2) is 88.2 Å². The van der Waals surface area contributed by atoms with E-state index in [4.69, 9.17) is 0 Å². The molecule has 7 heteroatoms. The molecule has 3 aromatic carbocycles. The van der Waals surface area contributed by atoms with E-state index in [1.54, 1.807) is 42.5 Å². The molecule has 1 aliphatic rings. The van der Waals surface area contributed by atoms with E-state index in [1.165, 1.54) is 12.1 Å². The maximum absolute atomic E-state index is 12.9. The van der Waals surface area contributed by atoms with Gasteiger partial charge in [-0.05, 0) is 60.9 Å². The van der Waals surface area contributed by atoms with Crippen molar-refractivity contribution in [2.45, 2.75) is 23.2 Å². The van der Waals surface area contributed by atoms with Gasteiger partial charge in [0.25, 0.3) is 10.0 Å². The van der Waals surface area contributed by atoms with Crippen molar-refractivity contribution < 1.29 is 13.2 Å². The summed E-state index contributed by atoms with van der Waals surface area (Å²) in [5.74, 6) is -0.0807. The Morgan fingerprint density at radius 2 is 1.52 bits per heavy atom. The van der Waals surface area contributed by atoms with Crippen molar-refractivity contribution in [3.63, 3.8) is 0 Å². The predicted molar refractivity (Wildman–Crippen MR) is 117 cm³/mol. The van der Waals surface area contributed by atoms with Crippen LogP contribution in [0.4, 0.5) is 11.4 Å². The molecule has 0 heterocycles. The van der Waals surface area contributed by atoms with Gasteiger partial charge >= 0.3 is 0 Å². The standard InChI is InChI=1S/C22H19BrN2O3S/c23-17-11-9-16(10-12-17)22(13-14-22)21(26)24-18-5-4-6-19(15-18)25-29(27,28)20-7-2-1-3-8-20/h1-12,15,25H,13-14H2,(H,24,26). The van der Waals surface area contributed by atoms with Crippen LogP contribution in [0.3, 0.4) is 0 Å². The molecule has 0 atom stereocenters. The molecule has 1 saturated carbocycles. The molecule has 0 bridgehead atoms. The lowest BCUT2D eigenvalue weighted by Gasteiger charge is -2.16. The Bertz CT molecular complexity index is 1140. The molecule has 1 fully saturated rings. The van der Waals surface area contributed by atoms with Crippen LogP contribution in [0.5, 0.6) is 0 Å². The highest BCUT2D eigenvalue weighted by Gasteiger charge is 2.51. The molecule has 0 aromatic heterocycles. The number of amides is 1. The van der Waals surface area contributed by atoms with Gasteiger partial charge in [-0.3, -0.25) is 9.52 Å². The topological polar surface area (TPSA) is 75.3 Å². The van der Waals surface area contributed by atoms with E-state index in [-0.39, 0.29) is 10.8 Å². The van der Waals surface area contributed by atoms with Crippen molar-refractivity contribution in [2.75, 3.05) is 10.0 Å². The van der Waals surface area contributed by atoms with Crippen LogP contribution in [-0.2, 0) is 20.2 Å². The number of sulfonamides is 1. The zero-order chi connectivity index (χ0) is 20.5. The summed E-state index contributed by atoms with van der Waals surface area (Å²) in [6.07, 6.45) is 1.58. The molecule has 0 aliphatic heterocycles. The third kappa shape index (κ3) is 4.21. The van der Waals surface area contributed by atoms with Crippen LogP contribution in [0.25, 0.3) is 0 Å². The van der Waals surface area contributed by atoms with E-state index in [9.17, 15) is 13.2 Å². The summed E-state index contributed by atoms with van der Waals surface area (Å²) in [6.45, 7) is 0. The van der Waals surface area contributed by atoms with E-state index < -0.39 is 15.4 Å². The molecule has 4 rings (SSSR count). The van der Waals surface area contributed by atoms with Gasteiger partial charge in [-0.1, -0.05) is 52.3 Å². The number of hydrogen-bond donors (Lipinski definition) is 2. The average molecular weight is 471 g/mol. The zero-order valence-electron chi connectivity index (χ0n) is 15.4. The fourth-order valence-corrected chi connectivity index (χ4v) is 4.60. The predicted octanol–water partition coefficient (Wildman–Crippen LogP) is 4.92. The van der Waals surface area contributed by atoms with Crippen molar-refractivity contribution in [2.24, 2.45) is 0 Å². The van der Waals surface area contributed by atoms with Gasteiger partial charge < -0.3 is 5.32 Å². The van der Waals surface area contributed by atoms with Crippen molar-refractivity contribution >= 4 is 43.2 Å². The average Bonchev–Trinajstić information content (AvgIpc) is 3.51. The Labute approximate surface area is 178 Å². The van der Waals surface area contributed by atoms with Crippen LogP contribution in [0.2, 0.25) is 0 Å². The first-order chi connectivity index (χ1) is 13.9. The number of benzene rings is 3. The van der Waals surface area contributed by atoms with Crippen molar-refractivity contribution in [3.8, 4) is 0 Å². The van der Waals surface area contributed by atoms with Crippen molar-refractivity contribution in [3.05, 3.63) is 88.9 Å². The van der Waals surface area contributed by atoms with E-state index in [2.05, 4.69) is 26.0 Å². The Hall–Kier alpha value is -2.64. The van der Waals surface area contributed by atoms with E-state index in [0.717, 1.165) is 22.9 Å². The van der Waals surface area contributed by atoms with Gasteiger partial charge in [-0.2, -0.15) is 0 Å². The van der Waals surface area contributed by atoms with Crippen LogP contribution in [0, 0.1) is 0 Å². The van der Waals surface area contributed by atoms with E-state index in [1.807, 2.05) is 24.3 Å². The van der Waals surface area contributed by atoms with E-state index in [0.29, 0.717) is 11.4 Å². The molecule has 1 aliphatic carbocycles. The smallest absolute Gasteiger partial charge is 0.261 e. The number of carbonyl (C=O) groups is 1. The van der Waals surface area contributed by atoms with Gasteiger partial charge in [0.2, 0.25) is 5.91 Å². The van der Waals surface area contributed by atoms with Gasteiger partial charge in [-0.25, -0.2) is 8.42 Å². The van der Waals surface area contributed by atoms with Crippen LogP contribution < -0.4 is 10.0 Å². The first-order valence-electron chi connectivity index (χ1n) is 9.15. The second-order valence-corrected chi connectivity index (χ2v) is 9.64. The SMILES string of the molecule is O=C(Nc1cccc(NS(=O)(=O)c2ccccc2)c1)C1(c2ccc(Br)cc2)CC1. The lowest BCUT2D eigenvalue weighted by Crippen LogP contribution is -2.27. The molecular formula is C22H19BrN2O3S. The number of anilines is 2. The van der Waals surface area contributed by atoms with Crippen LogP contribution in [-0.4, -0.2) is 14.3 Å². The van der Waals surface area contributed by atoms with Crippen molar-refractivity contribution in [1.29, 1.82) is 0 Å². The normalized spacial score (nSPS) is 14.8. The molecule has 1 amide bonds. The molecule has 0 spiro atoms. The van der Waals surface area contributed by atoms with E-state index >= 15 is 0 Å². The lowest BCUT2D eigenvalue weighted by atomic mass is 9.95. The first-order valence-corrected chi connectivity index (χ1v) is 11.4. The highest BCUT2D eigenvalue weighted by molar-refractivity contribution is 9.10. The number of rotatable bonds is 6. The van der Waals surface area contributed by atoms with Gasteiger partial charge in [-0.15, -0.1) is 0 Å². The number of hydrogen-bond acceptors (Lipinski definition) is 3. The molecule has 29 heavy (non-hydrogen) atoms. The van der Waals surface area contributed by atoms with Gasteiger partial charge in [0.05, 0.1) is 16.0 Å². The quantitative estimate of drug-likeness (QED) is 0.536. The summed E-state index contributed by atoms with van der Waals surface area (Å²) in [5, 5.41) is 2.94. The number of carbonyl (C=O) groups excluding carboxylic acids is 1. The Balaban J connectivity index is 1.51. The van der Waals surface area contributed by atoms with Gasteiger partial charge in [0.1, 0.15) is 0 Å². The Morgan fingerprint density at radius 1 is 0.862 bits per heavy atom. The Morgan fingerprint density at radius 3 is 2.17 bits per heavy atom. The van der Waals surface area contributed by atoms with Gasteiger partial charge in [0.15, 0.2) is 0 Å². The third-order valence-corrected chi connectivity index (χ3v) is 6.93. The minimum atomic E-state index is -3.69. The molecule has 0 unspecified atom stereocenters. The highest BCUT2D eigenvalue weighted by atomic mass is 79.9. The summed E-state index contributed by atoms with van der Waals surface area (Å²) >= 11 is 3.42. The summed E-state index contributed by atoms with van der Waals surface area (Å²) in [7, 11) is -3.69. The molecule has 0 radical (unpaired) electrons. The maximum Gasteiger partial charge on any atom is 0.261 e. The summed E-state index contributed by atoms with van der Waals surface area (Å²) in [6, 6.07) is 22.7. The fourth-order valence-electron chi connectivity index (χ4n) is 3.27. The molecular weight excluding hydrogens is 452 g/mol. The lowest BCUT2D eigenvalue weighted by molar-refractivity contribution is -0.118. The minimum Gasteiger partial charge on any atom is -0.325 e. The molecule has 0 saturated heterocycles. The monoisotopic (exact) mass is 470 g/mol. The van der Waals surface area contributed by atoms with Crippen LogP contribution >= 0.6 is 15.9 Å². The largest absolute Gasteiger partial charge is 0.325 e. The second-order valence-electron chi connectivity index (χ2n) is 7.04. The van der Waals surface area contributed by atoms with Crippen LogP contribution in [0.1, 0.15) is 18.4 Å². The Kier molecular flexibility index (Phi) is 5.19. The summed E-state index contributed by atoms with van der Waals surface area (Å²) in [4.78, 5) is 13.1.